The molecule has 1 aromatic carbocycles. The monoisotopic (exact) mass is 264 g/mol. The Kier molecular flexibility index (Phi) is 3.91. The summed E-state index contributed by atoms with van der Waals surface area (Å²) in [6.45, 7) is 9.00. The van der Waals surface area contributed by atoms with Crippen molar-refractivity contribution in [1.82, 2.24) is 0 Å². The lowest BCUT2D eigenvalue weighted by Gasteiger charge is -2.23. The summed E-state index contributed by atoms with van der Waals surface area (Å²) < 4.78 is 6.15. The van der Waals surface area contributed by atoms with Crippen LogP contribution in [0.25, 0.3) is 10.3 Å². The van der Waals surface area contributed by atoms with Gasteiger partial charge in [-0.15, -0.1) is 0 Å². The van der Waals surface area contributed by atoms with Gasteiger partial charge in [-0.05, 0) is 41.9 Å². The van der Waals surface area contributed by atoms with Gasteiger partial charge in [0.1, 0.15) is 5.58 Å². The summed E-state index contributed by atoms with van der Waals surface area (Å²) in [7, 11) is 0. The second-order valence-electron chi connectivity index (χ2n) is 5.64. The maximum atomic E-state index is 11.2. The molecular weight excluding hydrogens is 244 g/mol. The normalized spacial score (nSPS) is 13.7. The lowest BCUT2D eigenvalue weighted by atomic mass is 9.82. The van der Waals surface area contributed by atoms with Crippen molar-refractivity contribution in [2.75, 3.05) is 0 Å². The number of rotatable bonds is 4. The van der Waals surface area contributed by atoms with E-state index in [9.17, 15) is 4.79 Å². The van der Waals surface area contributed by atoms with Crippen LogP contribution in [0.15, 0.2) is 27.4 Å². The first-order valence-electron chi connectivity index (χ1n) is 6.51. The van der Waals surface area contributed by atoms with Crippen molar-refractivity contribution < 1.29 is 4.42 Å². The highest BCUT2D eigenvalue weighted by Crippen LogP contribution is 2.33. The third-order valence-corrected chi connectivity index (χ3v) is 4.12. The standard InChI is InChI=1S/C15H20O2S/c1-9(2)7-12(10(3)4)11-5-6-14-13(8-11)17-15(16)18-14/h5-6,8-10,12H,7H2,1-4H3. The highest BCUT2D eigenvalue weighted by Gasteiger charge is 2.18. The topological polar surface area (TPSA) is 30.2 Å². The minimum absolute atomic E-state index is 0.216. The lowest BCUT2D eigenvalue weighted by Crippen LogP contribution is -2.09. The average molecular weight is 264 g/mol. The van der Waals surface area contributed by atoms with Crippen molar-refractivity contribution >= 4 is 21.6 Å². The maximum Gasteiger partial charge on any atom is 0.396 e. The van der Waals surface area contributed by atoms with Crippen molar-refractivity contribution in [2.45, 2.75) is 40.0 Å². The van der Waals surface area contributed by atoms with Crippen LogP contribution in [0.3, 0.4) is 0 Å². The van der Waals surface area contributed by atoms with Crippen LogP contribution in [0.2, 0.25) is 0 Å². The predicted octanol–water partition coefficient (Wildman–Crippen LogP) is 4.64. The van der Waals surface area contributed by atoms with Gasteiger partial charge in [0.25, 0.3) is 0 Å². The Bertz CT molecular complexity index is 577. The van der Waals surface area contributed by atoms with E-state index in [2.05, 4.69) is 33.8 Å². The molecule has 0 bridgehead atoms. The molecule has 18 heavy (non-hydrogen) atoms. The van der Waals surface area contributed by atoms with Crippen LogP contribution in [0.4, 0.5) is 0 Å². The average Bonchev–Trinajstić information content (AvgIpc) is 2.64. The quantitative estimate of drug-likeness (QED) is 0.805. The van der Waals surface area contributed by atoms with Gasteiger partial charge in [-0.1, -0.05) is 45.1 Å². The molecule has 0 saturated carbocycles. The van der Waals surface area contributed by atoms with E-state index in [4.69, 9.17) is 4.42 Å². The SMILES string of the molecule is CC(C)CC(c1ccc2sc(=O)oc2c1)C(C)C. The van der Waals surface area contributed by atoms with Gasteiger partial charge in [-0.2, -0.15) is 0 Å². The lowest BCUT2D eigenvalue weighted by molar-refractivity contribution is 0.407. The van der Waals surface area contributed by atoms with Crippen molar-refractivity contribution in [3.05, 3.63) is 33.5 Å². The largest absolute Gasteiger partial charge is 0.414 e. The van der Waals surface area contributed by atoms with Gasteiger partial charge < -0.3 is 4.42 Å². The third kappa shape index (κ3) is 2.83. The highest BCUT2D eigenvalue weighted by atomic mass is 32.1. The fraction of sp³-hybridized carbons (Fsp3) is 0.533. The van der Waals surface area contributed by atoms with Crippen LogP contribution in [-0.2, 0) is 0 Å². The van der Waals surface area contributed by atoms with Gasteiger partial charge in [0.05, 0.1) is 4.70 Å². The molecule has 3 heteroatoms. The van der Waals surface area contributed by atoms with Gasteiger partial charge in [0.15, 0.2) is 0 Å². The Labute approximate surface area is 112 Å². The molecule has 98 valence electrons. The zero-order chi connectivity index (χ0) is 13.3. The van der Waals surface area contributed by atoms with E-state index >= 15 is 0 Å². The molecule has 0 aliphatic carbocycles. The second kappa shape index (κ2) is 5.27. The molecule has 0 N–H and O–H groups in total. The molecule has 0 radical (unpaired) electrons. The molecule has 0 fully saturated rings. The molecule has 0 aliphatic rings. The molecule has 1 aromatic heterocycles. The van der Waals surface area contributed by atoms with E-state index in [1.165, 1.54) is 16.9 Å². The van der Waals surface area contributed by atoms with Crippen molar-refractivity contribution in [3.8, 4) is 0 Å². The number of benzene rings is 1. The van der Waals surface area contributed by atoms with E-state index in [1.54, 1.807) is 0 Å². The first-order chi connectivity index (χ1) is 8.47. The van der Waals surface area contributed by atoms with Crippen LogP contribution in [0.1, 0.15) is 45.6 Å². The van der Waals surface area contributed by atoms with Gasteiger partial charge in [0.2, 0.25) is 0 Å². The molecule has 0 saturated heterocycles. The van der Waals surface area contributed by atoms with E-state index in [0.717, 1.165) is 16.7 Å². The van der Waals surface area contributed by atoms with E-state index in [-0.39, 0.29) is 4.94 Å². The van der Waals surface area contributed by atoms with Gasteiger partial charge in [-0.3, -0.25) is 0 Å². The Morgan fingerprint density at radius 2 is 1.94 bits per heavy atom. The molecule has 1 heterocycles. The third-order valence-electron chi connectivity index (χ3n) is 3.31. The number of fused-ring (bicyclic) bond motifs is 1. The Morgan fingerprint density at radius 3 is 2.56 bits per heavy atom. The zero-order valence-corrected chi connectivity index (χ0v) is 12.2. The molecule has 0 aliphatic heterocycles. The van der Waals surface area contributed by atoms with Crippen molar-refractivity contribution in [2.24, 2.45) is 11.8 Å². The highest BCUT2D eigenvalue weighted by molar-refractivity contribution is 7.16. The zero-order valence-electron chi connectivity index (χ0n) is 11.4. The van der Waals surface area contributed by atoms with Crippen molar-refractivity contribution in [3.63, 3.8) is 0 Å². The number of hydrogen-bond acceptors (Lipinski definition) is 3. The van der Waals surface area contributed by atoms with Gasteiger partial charge in [-0.25, -0.2) is 4.79 Å². The van der Waals surface area contributed by atoms with Gasteiger partial charge in [0, 0.05) is 0 Å². The fourth-order valence-electron chi connectivity index (χ4n) is 2.42. The van der Waals surface area contributed by atoms with Gasteiger partial charge >= 0.3 is 4.94 Å². The Hall–Kier alpha value is -1.09. The molecule has 2 rings (SSSR count). The van der Waals surface area contributed by atoms with E-state index in [0.29, 0.717) is 17.8 Å². The van der Waals surface area contributed by atoms with Crippen LogP contribution >= 0.6 is 11.3 Å². The summed E-state index contributed by atoms with van der Waals surface area (Å²) >= 11 is 1.17. The van der Waals surface area contributed by atoms with Crippen LogP contribution in [0.5, 0.6) is 0 Å². The molecule has 0 amide bonds. The number of hydrogen-bond donors (Lipinski definition) is 0. The van der Waals surface area contributed by atoms with Crippen molar-refractivity contribution in [1.29, 1.82) is 0 Å². The molecule has 0 spiro atoms. The fourth-order valence-corrected chi connectivity index (χ4v) is 3.07. The molecule has 2 aromatic rings. The molecule has 2 nitrogen and oxygen atoms in total. The minimum Gasteiger partial charge on any atom is -0.414 e. The molecular formula is C15H20O2S. The predicted molar refractivity (Wildman–Crippen MR) is 77.4 cm³/mol. The summed E-state index contributed by atoms with van der Waals surface area (Å²) in [5, 5.41) is 0. The summed E-state index contributed by atoms with van der Waals surface area (Å²) in [5.41, 5.74) is 2.02. The first kappa shape index (κ1) is 13.3. The summed E-state index contributed by atoms with van der Waals surface area (Å²) in [5.74, 6) is 1.79. The molecule has 1 unspecified atom stereocenters. The van der Waals surface area contributed by atoms with Crippen LogP contribution in [0, 0.1) is 11.8 Å². The maximum absolute atomic E-state index is 11.2. The smallest absolute Gasteiger partial charge is 0.396 e. The second-order valence-corrected chi connectivity index (χ2v) is 6.62. The summed E-state index contributed by atoms with van der Waals surface area (Å²) in [6.07, 6.45) is 1.16. The van der Waals surface area contributed by atoms with E-state index in [1.807, 2.05) is 12.1 Å². The minimum atomic E-state index is -0.216. The Morgan fingerprint density at radius 1 is 1.22 bits per heavy atom. The molecule has 1 atom stereocenters. The summed E-state index contributed by atoms with van der Waals surface area (Å²) in [6, 6.07) is 6.19. The van der Waals surface area contributed by atoms with E-state index < -0.39 is 0 Å². The van der Waals surface area contributed by atoms with Crippen LogP contribution < -0.4 is 4.94 Å². The first-order valence-corrected chi connectivity index (χ1v) is 7.32. The summed E-state index contributed by atoms with van der Waals surface area (Å²) in [4.78, 5) is 11.0. The van der Waals surface area contributed by atoms with Crippen LogP contribution in [-0.4, -0.2) is 0 Å². The Balaban J connectivity index is 2.40.